The van der Waals surface area contributed by atoms with E-state index in [1.165, 1.54) is 32.1 Å². The SMILES string of the molecule is CC1=C(C)C(C)[C]([Zr+2]=[C]2CCCCC2)=C1C1=CC=CC1.[Cl-].[Cl-]. The van der Waals surface area contributed by atoms with Gasteiger partial charge in [0.15, 0.2) is 0 Å². The van der Waals surface area contributed by atoms with Crippen LogP contribution in [0.2, 0.25) is 0 Å². The summed E-state index contributed by atoms with van der Waals surface area (Å²) in [6, 6.07) is 0. The maximum absolute atomic E-state index is 2.45. The van der Waals surface area contributed by atoms with Crippen molar-refractivity contribution < 1.29 is 47.6 Å². The molecule has 0 aromatic heterocycles. The molecule has 3 aliphatic carbocycles. The fourth-order valence-corrected chi connectivity index (χ4v) is 8.32. The van der Waals surface area contributed by atoms with E-state index >= 15 is 0 Å². The maximum Gasteiger partial charge on any atom is -1.00 e. The quantitative estimate of drug-likeness (QED) is 0.562. The van der Waals surface area contributed by atoms with Crippen LogP contribution in [-0.2, 0) is 22.8 Å². The van der Waals surface area contributed by atoms with E-state index in [9.17, 15) is 0 Å². The maximum atomic E-state index is 2.45. The second-order valence-corrected chi connectivity index (χ2v) is 10.1. The van der Waals surface area contributed by atoms with E-state index in [0.29, 0.717) is 0 Å². The molecule has 0 bridgehead atoms. The molecule has 0 saturated heterocycles. The summed E-state index contributed by atoms with van der Waals surface area (Å²) in [6.45, 7) is 7.17. The van der Waals surface area contributed by atoms with Crippen LogP contribution in [0.3, 0.4) is 0 Å². The predicted octanol–water partition coefficient (Wildman–Crippen LogP) is -0.660. The molecular weight excluding hydrogens is 390 g/mol. The van der Waals surface area contributed by atoms with E-state index in [0.717, 1.165) is 12.3 Å². The summed E-state index contributed by atoms with van der Waals surface area (Å²) in [5.41, 5.74) is 6.52. The van der Waals surface area contributed by atoms with Crippen LogP contribution in [0.15, 0.2) is 43.8 Å². The number of hydrogen-bond donors (Lipinski definition) is 0. The molecule has 0 nitrogen and oxygen atoms in total. The first-order valence-electron chi connectivity index (χ1n) is 8.08. The van der Waals surface area contributed by atoms with Gasteiger partial charge in [-0.1, -0.05) is 0 Å². The normalized spacial score (nSPS) is 24.0. The monoisotopic (exact) mass is 413 g/mol. The zero-order valence-corrected chi connectivity index (χ0v) is 17.8. The molecule has 0 amide bonds. The van der Waals surface area contributed by atoms with Crippen LogP contribution in [-0.4, -0.2) is 3.21 Å². The summed E-state index contributed by atoms with van der Waals surface area (Å²) < 4.78 is 3.86. The Hall–Kier alpha value is 0.293. The van der Waals surface area contributed by atoms with Crippen molar-refractivity contribution in [2.75, 3.05) is 0 Å². The molecular formula is C19H25Cl2Zr. The van der Waals surface area contributed by atoms with E-state index in [2.05, 4.69) is 39.0 Å². The molecule has 1 saturated carbocycles. The zero-order valence-electron chi connectivity index (χ0n) is 13.8. The molecule has 1 atom stereocenters. The van der Waals surface area contributed by atoms with Crippen molar-refractivity contribution in [2.45, 2.75) is 59.3 Å². The average molecular weight is 416 g/mol. The second kappa shape index (κ2) is 8.95. The Kier molecular flexibility index (Phi) is 8.28. The smallest absolute Gasteiger partial charge is 1.00 e. The second-order valence-electron chi connectivity index (χ2n) is 6.43. The van der Waals surface area contributed by atoms with Gasteiger partial charge in [0.25, 0.3) is 0 Å². The topological polar surface area (TPSA) is 0 Å². The molecule has 1 unspecified atom stereocenters. The molecule has 0 aliphatic heterocycles. The van der Waals surface area contributed by atoms with Gasteiger partial charge in [0.2, 0.25) is 0 Å². The zero-order chi connectivity index (χ0) is 14.1. The van der Waals surface area contributed by atoms with Crippen molar-refractivity contribution in [2.24, 2.45) is 5.92 Å². The van der Waals surface area contributed by atoms with E-state index in [1.54, 1.807) is 22.3 Å². The molecule has 0 spiro atoms. The number of rotatable bonds is 2. The Bertz CT molecular complexity index is 568. The Morgan fingerprint density at radius 1 is 1.05 bits per heavy atom. The van der Waals surface area contributed by atoms with E-state index < -0.39 is 22.8 Å². The first-order chi connectivity index (χ1) is 9.68. The molecule has 0 aromatic carbocycles. The third-order valence-electron chi connectivity index (χ3n) is 5.18. The third-order valence-corrected chi connectivity index (χ3v) is 9.62. The van der Waals surface area contributed by atoms with Gasteiger partial charge in [0, 0.05) is 0 Å². The first kappa shape index (κ1) is 20.3. The molecule has 0 radical (unpaired) electrons. The van der Waals surface area contributed by atoms with Crippen LogP contribution in [0.25, 0.3) is 0 Å². The molecule has 0 aromatic rings. The van der Waals surface area contributed by atoms with Crippen molar-refractivity contribution >= 4 is 3.21 Å². The molecule has 1 fully saturated rings. The summed E-state index contributed by atoms with van der Waals surface area (Å²) in [7, 11) is 0. The van der Waals surface area contributed by atoms with Crippen molar-refractivity contribution in [3.63, 3.8) is 0 Å². The van der Waals surface area contributed by atoms with E-state index in [4.69, 9.17) is 0 Å². The van der Waals surface area contributed by atoms with Crippen LogP contribution in [0.1, 0.15) is 59.3 Å². The van der Waals surface area contributed by atoms with Crippen LogP contribution >= 0.6 is 0 Å². The van der Waals surface area contributed by atoms with Crippen molar-refractivity contribution in [1.82, 2.24) is 0 Å². The van der Waals surface area contributed by atoms with Crippen LogP contribution < -0.4 is 24.8 Å². The molecule has 0 N–H and O–H groups in total. The van der Waals surface area contributed by atoms with Gasteiger partial charge in [-0.05, 0) is 0 Å². The fraction of sp³-hybridized carbons (Fsp3) is 0.526. The van der Waals surface area contributed by atoms with E-state index in [-0.39, 0.29) is 24.8 Å². The summed E-state index contributed by atoms with van der Waals surface area (Å²) in [6.07, 6.45) is 15.4. The molecule has 22 heavy (non-hydrogen) atoms. The van der Waals surface area contributed by atoms with Gasteiger partial charge >= 0.3 is 135 Å². The largest absolute Gasteiger partial charge is 1.00 e. The number of allylic oxidation sites excluding steroid dienone is 8. The molecule has 3 heteroatoms. The summed E-state index contributed by atoms with van der Waals surface area (Å²) in [5.74, 6) is 0.729. The predicted molar refractivity (Wildman–Crippen MR) is 84.5 cm³/mol. The average Bonchev–Trinajstić information content (AvgIpc) is 3.05. The standard InChI is InChI=1S/C13H15.C6H10.2ClH.Zr/c1-9-8-13(11(3)10(9)2)12-6-4-5-7-12;1-2-4-6-5-3-1;;;/h4-6,9H,7H2,1-3H3;1-5H2;2*1H;/q;;;;+2/p-2. The minimum Gasteiger partial charge on any atom is -1.00 e. The van der Waals surface area contributed by atoms with Crippen molar-refractivity contribution in [3.8, 4) is 0 Å². The molecule has 3 aliphatic rings. The van der Waals surface area contributed by atoms with Gasteiger partial charge in [-0.15, -0.1) is 0 Å². The third kappa shape index (κ3) is 4.03. The minimum atomic E-state index is -0.485. The summed E-state index contributed by atoms with van der Waals surface area (Å²) >= 11 is -0.485. The van der Waals surface area contributed by atoms with Gasteiger partial charge in [-0.25, -0.2) is 0 Å². The van der Waals surface area contributed by atoms with Crippen LogP contribution in [0, 0.1) is 5.92 Å². The van der Waals surface area contributed by atoms with Crippen molar-refractivity contribution in [1.29, 1.82) is 0 Å². The summed E-state index contributed by atoms with van der Waals surface area (Å²) in [5, 5.41) is 0. The van der Waals surface area contributed by atoms with Crippen LogP contribution in [0.5, 0.6) is 0 Å². The first-order valence-corrected chi connectivity index (χ1v) is 10.5. The Morgan fingerprint density at radius 3 is 2.32 bits per heavy atom. The summed E-state index contributed by atoms with van der Waals surface area (Å²) in [4.78, 5) is 0. The van der Waals surface area contributed by atoms with Gasteiger partial charge in [0.05, 0.1) is 0 Å². The fourth-order valence-electron chi connectivity index (χ4n) is 3.67. The molecule has 0 heterocycles. The van der Waals surface area contributed by atoms with Gasteiger partial charge < -0.3 is 24.8 Å². The van der Waals surface area contributed by atoms with Crippen LogP contribution in [0.4, 0.5) is 0 Å². The van der Waals surface area contributed by atoms with Crippen molar-refractivity contribution in [3.05, 3.63) is 43.8 Å². The van der Waals surface area contributed by atoms with Gasteiger partial charge in [-0.2, -0.15) is 0 Å². The Morgan fingerprint density at radius 2 is 1.73 bits per heavy atom. The van der Waals surface area contributed by atoms with Gasteiger partial charge in [-0.3, -0.25) is 0 Å². The minimum absolute atomic E-state index is 0. The number of hydrogen-bond acceptors (Lipinski definition) is 0. The van der Waals surface area contributed by atoms with E-state index in [1.807, 2.05) is 6.49 Å². The molecule has 3 rings (SSSR count). The molecule has 119 valence electrons. The number of halogens is 2. The Labute approximate surface area is 159 Å². The van der Waals surface area contributed by atoms with Gasteiger partial charge in [0.1, 0.15) is 0 Å². The Balaban J connectivity index is 0.00000121.